The minimum Gasteiger partial charge on any atom is -0.271 e. The van der Waals surface area contributed by atoms with Crippen molar-refractivity contribution in [2.75, 3.05) is 0 Å². The zero-order valence-corrected chi connectivity index (χ0v) is 12.3. The third-order valence-corrected chi connectivity index (χ3v) is 4.64. The molecular formula is C17H19ClN2. The van der Waals surface area contributed by atoms with Crippen molar-refractivity contribution in [3.8, 4) is 0 Å². The summed E-state index contributed by atoms with van der Waals surface area (Å²) in [4.78, 5) is 0. The lowest BCUT2D eigenvalue weighted by molar-refractivity contribution is 0.487. The molecule has 20 heavy (non-hydrogen) atoms. The lowest BCUT2D eigenvalue weighted by atomic mass is 9.98. The van der Waals surface area contributed by atoms with Crippen molar-refractivity contribution in [1.82, 2.24) is 5.43 Å². The minimum atomic E-state index is 0.191. The maximum Gasteiger partial charge on any atom is 0.0494 e. The van der Waals surface area contributed by atoms with Gasteiger partial charge in [0.05, 0.1) is 0 Å². The van der Waals surface area contributed by atoms with Crippen LogP contribution in [0.3, 0.4) is 0 Å². The Hall–Kier alpha value is -1.35. The lowest BCUT2D eigenvalue weighted by Crippen LogP contribution is -2.29. The second-order valence-electron chi connectivity index (χ2n) is 5.57. The number of nitrogens with one attached hydrogen (secondary N) is 1. The van der Waals surface area contributed by atoms with Gasteiger partial charge < -0.3 is 0 Å². The van der Waals surface area contributed by atoms with Crippen molar-refractivity contribution >= 4 is 11.6 Å². The highest BCUT2D eigenvalue weighted by Gasteiger charge is 2.44. The van der Waals surface area contributed by atoms with E-state index < -0.39 is 0 Å². The monoisotopic (exact) mass is 286 g/mol. The smallest absolute Gasteiger partial charge is 0.0494 e. The molecule has 3 N–H and O–H groups in total. The number of aryl methyl sites for hydroxylation is 1. The molecule has 0 spiro atoms. The van der Waals surface area contributed by atoms with Crippen molar-refractivity contribution in [3.05, 3.63) is 70.2 Å². The fraction of sp³-hybridized carbons (Fsp3) is 0.294. The van der Waals surface area contributed by atoms with Crippen LogP contribution < -0.4 is 11.3 Å². The largest absolute Gasteiger partial charge is 0.271 e. The highest BCUT2D eigenvalue weighted by molar-refractivity contribution is 6.31. The van der Waals surface area contributed by atoms with E-state index in [-0.39, 0.29) is 6.04 Å². The van der Waals surface area contributed by atoms with Crippen LogP contribution in [0.4, 0.5) is 0 Å². The van der Waals surface area contributed by atoms with Crippen LogP contribution in [0, 0.1) is 12.8 Å². The molecule has 0 saturated heterocycles. The van der Waals surface area contributed by atoms with Crippen molar-refractivity contribution in [3.63, 3.8) is 0 Å². The van der Waals surface area contributed by atoms with Crippen molar-refractivity contribution in [1.29, 1.82) is 0 Å². The first-order valence-electron chi connectivity index (χ1n) is 6.98. The fourth-order valence-electron chi connectivity index (χ4n) is 2.99. The molecule has 1 aliphatic rings. The Morgan fingerprint density at radius 1 is 1.20 bits per heavy atom. The third-order valence-electron chi connectivity index (χ3n) is 4.22. The van der Waals surface area contributed by atoms with Gasteiger partial charge in [0.15, 0.2) is 0 Å². The van der Waals surface area contributed by atoms with Crippen LogP contribution in [0.1, 0.15) is 35.1 Å². The van der Waals surface area contributed by atoms with Crippen LogP contribution in [0.15, 0.2) is 48.5 Å². The highest BCUT2D eigenvalue weighted by Crippen LogP contribution is 2.53. The molecule has 3 heteroatoms. The predicted molar refractivity (Wildman–Crippen MR) is 83.5 cm³/mol. The van der Waals surface area contributed by atoms with Crippen LogP contribution in [0.5, 0.6) is 0 Å². The Morgan fingerprint density at radius 2 is 1.95 bits per heavy atom. The molecule has 3 rings (SSSR count). The average Bonchev–Trinajstić information content (AvgIpc) is 3.25. The average molecular weight is 287 g/mol. The summed E-state index contributed by atoms with van der Waals surface area (Å²) in [6.07, 6.45) is 1.18. The molecule has 0 amide bonds. The van der Waals surface area contributed by atoms with E-state index in [4.69, 9.17) is 17.4 Å². The van der Waals surface area contributed by atoms with Crippen LogP contribution in [0.2, 0.25) is 5.02 Å². The summed E-state index contributed by atoms with van der Waals surface area (Å²) in [5.41, 5.74) is 6.71. The number of benzene rings is 2. The van der Waals surface area contributed by atoms with E-state index in [9.17, 15) is 0 Å². The van der Waals surface area contributed by atoms with Crippen LogP contribution in [-0.4, -0.2) is 0 Å². The normalized spacial score (nSPS) is 22.6. The Bertz CT molecular complexity index is 597. The first-order valence-corrected chi connectivity index (χ1v) is 7.35. The third kappa shape index (κ3) is 2.59. The molecule has 0 aromatic heterocycles. The standard InChI is InChI=1S/C17H19ClN2/c1-11-9-13(7-8-16(11)18)17(20-19)15-10-14(15)12-5-3-2-4-6-12/h2-9,14-15,17,20H,10,19H2,1H3. The van der Waals surface area contributed by atoms with E-state index in [0.717, 1.165) is 10.6 Å². The van der Waals surface area contributed by atoms with Gasteiger partial charge in [-0.1, -0.05) is 54.1 Å². The van der Waals surface area contributed by atoms with E-state index in [2.05, 4.69) is 47.9 Å². The quantitative estimate of drug-likeness (QED) is 0.659. The van der Waals surface area contributed by atoms with Gasteiger partial charge in [-0.2, -0.15) is 0 Å². The number of rotatable bonds is 4. The lowest BCUT2D eigenvalue weighted by Gasteiger charge is -2.17. The van der Waals surface area contributed by atoms with Crippen molar-refractivity contribution in [2.24, 2.45) is 11.8 Å². The van der Waals surface area contributed by atoms with E-state index in [1.807, 2.05) is 13.0 Å². The molecule has 3 unspecified atom stereocenters. The zero-order chi connectivity index (χ0) is 14.1. The topological polar surface area (TPSA) is 38.0 Å². The first kappa shape index (κ1) is 13.6. The van der Waals surface area contributed by atoms with Gasteiger partial charge in [-0.05, 0) is 47.9 Å². The molecule has 2 aromatic carbocycles. The van der Waals surface area contributed by atoms with Gasteiger partial charge in [-0.3, -0.25) is 11.3 Å². The summed E-state index contributed by atoms with van der Waals surface area (Å²) < 4.78 is 0. The fourth-order valence-corrected chi connectivity index (χ4v) is 3.11. The number of hydrazine groups is 1. The SMILES string of the molecule is Cc1cc(C(NN)C2CC2c2ccccc2)ccc1Cl. The van der Waals surface area contributed by atoms with Gasteiger partial charge in [0.1, 0.15) is 0 Å². The van der Waals surface area contributed by atoms with Crippen LogP contribution in [0.25, 0.3) is 0 Å². The second kappa shape index (κ2) is 5.57. The molecular weight excluding hydrogens is 268 g/mol. The predicted octanol–water partition coefficient (Wildman–Crippen LogP) is 3.96. The summed E-state index contributed by atoms with van der Waals surface area (Å²) in [6.45, 7) is 2.03. The highest BCUT2D eigenvalue weighted by atomic mass is 35.5. The van der Waals surface area contributed by atoms with E-state index in [1.165, 1.54) is 17.5 Å². The first-order chi connectivity index (χ1) is 9.70. The Morgan fingerprint density at radius 3 is 2.60 bits per heavy atom. The van der Waals surface area contributed by atoms with Gasteiger partial charge in [-0.15, -0.1) is 0 Å². The number of halogens is 1. The molecule has 0 aliphatic heterocycles. The van der Waals surface area contributed by atoms with Crippen LogP contribution >= 0.6 is 11.6 Å². The molecule has 1 fully saturated rings. The molecule has 2 aromatic rings. The molecule has 3 atom stereocenters. The Balaban J connectivity index is 1.80. The number of hydrogen-bond acceptors (Lipinski definition) is 2. The van der Waals surface area contributed by atoms with Gasteiger partial charge in [-0.25, -0.2) is 0 Å². The second-order valence-corrected chi connectivity index (χ2v) is 5.98. The summed E-state index contributed by atoms with van der Waals surface area (Å²) in [6, 6.07) is 17.0. The maximum atomic E-state index is 6.10. The minimum absolute atomic E-state index is 0.191. The summed E-state index contributed by atoms with van der Waals surface area (Å²) in [5.74, 6) is 6.95. The number of nitrogens with two attached hydrogens (primary N) is 1. The van der Waals surface area contributed by atoms with Crippen molar-refractivity contribution < 1.29 is 0 Å². The molecule has 0 radical (unpaired) electrons. The molecule has 1 aliphatic carbocycles. The molecule has 2 nitrogen and oxygen atoms in total. The van der Waals surface area contributed by atoms with E-state index >= 15 is 0 Å². The van der Waals surface area contributed by atoms with Gasteiger partial charge in [0.2, 0.25) is 0 Å². The van der Waals surface area contributed by atoms with Gasteiger partial charge >= 0.3 is 0 Å². The number of hydrogen-bond donors (Lipinski definition) is 2. The zero-order valence-electron chi connectivity index (χ0n) is 11.5. The van der Waals surface area contributed by atoms with Gasteiger partial charge in [0, 0.05) is 11.1 Å². The van der Waals surface area contributed by atoms with E-state index in [1.54, 1.807) is 0 Å². The molecule has 104 valence electrons. The summed E-state index contributed by atoms with van der Waals surface area (Å²) in [7, 11) is 0. The summed E-state index contributed by atoms with van der Waals surface area (Å²) in [5, 5.41) is 0.805. The maximum absolute atomic E-state index is 6.10. The summed E-state index contributed by atoms with van der Waals surface area (Å²) >= 11 is 6.10. The van der Waals surface area contributed by atoms with Gasteiger partial charge in [0.25, 0.3) is 0 Å². The molecule has 0 heterocycles. The van der Waals surface area contributed by atoms with Crippen molar-refractivity contribution in [2.45, 2.75) is 25.3 Å². The van der Waals surface area contributed by atoms with E-state index in [0.29, 0.717) is 11.8 Å². The Kier molecular flexibility index (Phi) is 3.79. The molecule has 1 saturated carbocycles. The van der Waals surface area contributed by atoms with Crippen LogP contribution in [-0.2, 0) is 0 Å². The Labute approximate surface area is 124 Å². The molecule has 0 bridgehead atoms.